The van der Waals surface area contributed by atoms with Crippen LogP contribution in [-0.2, 0) is 0 Å². The molecule has 0 aliphatic heterocycles. The topological polar surface area (TPSA) is 44.3 Å². The number of hydrogen-bond acceptors (Lipinski definition) is 2. The summed E-state index contributed by atoms with van der Waals surface area (Å²) >= 11 is 5.11. The fourth-order valence-corrected chi connectivity index (χ4v) is 2.59. The first-order valence-corrected chi connectivity index (χ1v) is 5.54. The minimum absolute atomic E-state index is 0.123. The summed E-state index contributed by atoms with van der Waals surface area (Å²) < 4.78 is 0. The molecule has 0 aromatic heterocycles. The van der Waals surface area contributed by atoms with E-state index in [0.29, 0.717) is 23.6 Å². The van der Waals surface area contributed by atoms with E-state index >= 15 is 0 Å². The van der Waals surface area contributed by atoms with Crippen molar-refractivity contribution in [1.29, 1.82) is 0 Å². The Balaban J connectivity index is 1.76. The summed E-state index contributed by atoms with van der Waals surface area (Å²) in [6.07, 6.45) is 7.08. The summed E-state index contributed by atoms with van der Waals surface area (Å²) in [5, 5.41) is 15.6. The van der Waals surface area contributed by atoms with Crippen molar-refractivity contribution in [2.24, 2.45) is 11.8 Å². The van der Waals surface area contributed by atoms with Crippen molar-refractivity contribution >= 4 is 17.3 Å². The van der Waals surface area contributed by atoms with Gasteiger partial charge in [-0.15, -0.1) is 0 Å². The Morgan fingerprint density at radius 3 is 2.86 bits per heavy atom. The molecule has 0 saturated heterocycles. The Morgan fingerprint density at radius 2 is 2.29 bits per heavy atom. The molecular formula is C10H16N2OS. The van der Waals surface area contributed by atoms with Gasteiger partial charge in [0.1, 0.15) is 0 Å². The Kier molecular flexibility index (Phi) is 3.03. The highest BCUT2D eigenvalue weighted by Gasteiger charge is 2.35. The number of aliphatic hydroxyl groups excluding tert-OH is 1. The van der Waals surface area contributed by atoms with Gasteiger partial charge in [0.25, 0.3) is 0 Å². The molecule has 78 valence electrons. The van der Waals surface area contributed by atoms with Crippen molar-refractivity contribution in [3.63, 3.8) is 0 Å². The van der Waals surface area contributed by atoms with E-state index < -0.39 is 0 Å². The predicted molar refractivity (Wildman–Crippen MR) is 60.0 cm³/mol. The quantitative estimate of drug-likeness (QED) is 0.468. The van der Waals surface area contributed by atoms with Gasteiger partial charge in [0.05, 0.1) is 6.61 Å². The second-order valence-corrected chi connectivity index (χ2v) is 4.42. The zero-order valence-electron chi connectivity index (χ0n) is 8.07. The number of rotatable bonds is 3. The molecule has 2 bridgehead atoms. The predicted octanol–water partition coefficient (Wildman–Crippen LogP) is 0.407. The first kappa shape index (κ1) is 9.93. The van der Waals surface area contributed by atoms with Gasteiger partial charge in [0, 0.05) is 12.6 Å². The average molecular weight is 212 g/mol. The van der Waals surface area contributed by atoms with Crippen LogP contribution in [0.15, 0.2) is 12.2 Å². The van der Waals surface area contributed by atoms with Crippen LogP contribution in [0, 0.1) is 11.8 Å². The van der Waals surface area contributed by atoms with Crippen LogP contribution < -0.4 is 10.6 Å². The van der Waals surface area contributed by atoms with Crippen LogP contribution in [0.25, 0.3) is 0 Å². The fourth-order valence-electron chi connectivity index (χ4n) is 2.34. The van der Waals surface area contributed by atoms with Crippen LogP contribution in [0.2, 0.25) is 0 Å². The lowest BCUT2D eigenvalue weighted by molar-refractivity contribution is 0.300. The van der Waals surface area contributed by atoms with Crippen LogP contribution >= 0.6 is 12.2 Å². The van der Waals surface area contributed by atoms with E-state index in [0.717, 1.165) is 5.92 Å². The Labute approximate surface area is 89.6 Å². The molecule has 2 rings (SSSR count). The van der Waals surface area contributed by atoms with E-state index in [1.807, 2.05) is 0 Å². The third-order valence-electron chi connectivity index (χ3n) is 2.99. The standard InChI is InChI=1S/C10H16N2OS/c13-4-3-11-10(14)12-9-6-7-1-2-8(9)5-7/h1-2,7-9,13H,3-6H2,(H2,11,12,14)/t7-,8+,9+/m0/s1. The highest BCUT2D eigenvalue weighted by Crippen LogP contribution is 2.38. The summed E-state index contributed by atoms with van der Waals surface area (Å²) in [6.45, 7) is 0.654. The average Bonchev–Trinajstić information content (AvgIpc) is 2.76. The minimum atomic E-state index is 0.123. The smallest absolute Gasteiger partial charge is 0.166 e. The second kappa shape index (κ2) is 4.28. The summed E-state index contributed by atoms with van der Waals surface area (Å²) in [6, 6.07) is 0.503. The van der Waals surface area contributed by atoms with Gasteiger partial charge >= 0.3 is 0 Å². The molecule has 4 heteroatoms. The summed E-state index contributed by atoms with van der Waals surface area (Å²) in [7, 11) is 0. The molecule has 0 unspecified atom stereocenters. The van der Waals surface area contributed by atoms with Crippen molar-refractivity contribution in [2.75, 3.05) is 13.2 Å². The van der Waals surface area contributed by atoms with Crippen molar-refractivity contribution < 1.29 is 5.11 Å². The highest BCUT2D eigenvalue weighted by molar-refractivity contribution is 7.80. The van der Waals surface area contributed by atoms with Crippen LogP contribution in [0.3, 0.4) is 0 Å². The Bertz CT molecular complexity index is 255. The zero-order valence-corrected chi connectivity index (χ0v) is 8.89. The molecule has 0 radical (unpaired) electrons. The normalized spacial score (nSPS) is 33.4. The lowest BCUT2D eigenvalue weighted by atomic mass is 10.0. The van der Waals surface area contributed by atoms with E-state index in [4.69, 9.17) is 17.3 Å². The molecule has 3 atom stereocenters. The molecular weight excluding hydrogens is 196 g/mol. The largest absolute Gasteiger partial charge is 0.395 e. The van der Waals surface area contributed by atoms with Crippen molar-refractivity contribution in [2.45, 2.75) is 18.9 Å². The van der Waals surface area contributed by atoms with Crippen LogP contribution in [0.1, 0.15) is 12.8 Å². The Morgan fingerprint density at radius 1 is 1.43 bits per heavy atom. The number of hydrogen-bond donors (Lipinski definition) is 3. The monoisotopic (exact) mass is 212 g/mol. The van der Waals surface area contributed by atoms with E-state index in [1.54, 1.807) is 0 Å². The van der Waals surface area contributed by atoms with Gasteiger partial charge < -0.3 is 15.7 Å². The molecule has 0 amide bonds. The molecule has 0 heterocycles. The number of thiocarbonyl (C=S) groups is 1. The maximum atomic E-state index is 8.62. The molecule has 1 saturated carbocycles. The zero-order chi connectivity index (χ0) is 9.97. The van der Waals surface area contributed by atoms with E-state index in [1.165, 1.54) is 12.8 Å². The minimum Gasteiger partial charge on any atom is -0.395 e. The Hall–Kier alpha value is -0.610. The van der Waals surface area contributed by atoms with Crippen molar-refractivity contribution in [1.82, 2.24) is 10.6 Å². The molecule has 14 heavy (non-hydrogen) atoms. The lowest BCUT2D eigenvalue weighted by Gasteiger charge is -2.21. The third kappa shape index (κ3) is 2.07. The van der Waals surface area contributed by atoms with Gasteiger partial charge in [0.2, 0.25) is 0 Å². The summed E-state index contributed by atoms with van der Waals surface area (Å²) in [5.41, 5.74) is 0. The van der Waals surface area contributed by atoms with Gasteiger partial charge in [0.15, 0.2) is 5.11 Å². The van der Waals surface area contributed by atoms with E-state index in [2.05, 4.69) is 22.8 Å². The molecule has 0 spiro atoms. The number of aliphatic hydroxyl groups is 1. The van der Waals surface area contributed by atoms with Crippen molar-refractivity contribution in [3.8, 4) is 0 Å². The van der Waals surface area contributed by atoms with Gasteiger partial charge in [-0.25, -0.2) is 0 Å². The summed E-state index contributed by atoms with van der Waals surface area (Å²) in [4.78, 5) is 0. The first-order valence-electron chi connectivity index (χ1n) is 5.13. The lowest BCUT2D eigenvalue weighted by Crippen LogP contribution is -2.44. The molecule has 3 N–H and O–H groups in total. The number of fused-ring (bicyclic) bond motifs is 2. The van der Waals surface area contributed by atoms with Gasteiger partial charge in [-0.3, -0.25) is 0 Å². The first-order chi connectivity index (χ1) is 6.79. The SMILES string of the molecule is OCCNC(=S)N[C@@H]1C[C@H]2C=C[C@@H]1C2. The molecule has 0 aromatic rings. The second-order valence-electron chi connectivity index (χ2n) is 4.01. The summed E-state index contributed by atoms with van der Waals surface area (Å²) in [5.74, 6) is 1.42. The molecule has 2 aliphatic rings. The van der Waals surface area contributed by atoms with E-state index in [-0.39, 0.29) is 6.61 Å². The maximum absolute atomic E-state index is 8.62. The fraction of sp³-hybridized carbons (Fsp3) is 0.700. The van der Waals surface area contributed by atoms with E-state index in [9.17, 15) is 0 Å². The molecule has 1 fully saturated rings. The van der Waals surface area contributed by atoms with Crippen LogP contribution in [-0.4, -0.2) is 29.4 Å². The maximum Gasteiger partial charge on any atom is 0.166 e. The molecule has 0 aromatic carbocycles. The highest BCUT2D eigenvalue weighted by atomic mass is 32.1. The number of nitrogens with one attached hydrogen (secondary N) is 2. The van der Waals surface area contributed by atoms with Gasteiger partial charge in [-0.1, -0.05) is 12.2 Å². The van der Waals surface area contributed by atoms with Crippen molar-refractivity contribution in [3.05, 3.63) is 12.2 Å². The van der Waals surface area contributed by atoms with Gasteiger partial charge in [-0.2, -0.15) is 0 Å². The number of allylic oxidation sites excluding steroid dienone is 1. The third-order valence-corrected chi connectivity index (χ3v) is 3.25. The molecule has 2 aliphatic carbocycles. The van der Waals surface area contributed by atoms with Gasteiger partial charge in [-0.05, 0) is 36.9 Å². The molecule has 3 nitrogen and oxygen atoms in total. The van der Waals surface area contributed by atoms with Crippen LogP contribution in [0.4, 0.5) is 0 Å². The van der Waals surface area contributed by atoms with Crippen LogP contribution in [0.5, 0.6) is 0 Å².